The summed E-state index contributed by atoms with van der Waals surface area (Å²) in [4.78, 5) is 12.3. The minimum atomic E-state index is -0.177. The van der Waals surface area contributed by atoms with E-state index in [-0.39, 0.29) is 5.91 Å². The van der Waals surface area contributed by atoms with Crippen molar-refractivity contribution < 1.29 is 4.79 Å². The van der Waals surface area contributed by atoms with E-state index < -0.39 is 0 Å². The van der Waals surface area contributed by atoms with E-state index in [1.165, 1.54) is 6.08 Å². The van der Waals surface area contributed by atoms with Crippen LogP contribution in [0.2, 0.25) is 0 Å². The normalized spacial score (nSPS) is 11.0. The smallest absolute Gasteiger partial charge is 0.248 e. The van der Waals surface area contributed by atoms with Gasteiger partial charge in [0.1, 0.15) is 0 Å². The summed E-state index contributed by atoms with van der Waals surface area (Å²) in [5.41, 5.74) is 3.81. The van der Waals surface area contributed by atoms with Crippen LogP contribution < -0.4 is 5.32 Å². The first-order valence-corrected chi connectivity index (χ1v) is 9.08. The SMILES string of the molecule is Cc1cc(Br)ccc1NC(=O)/C=C/c1cn(CCC#N)c2ccccc12. The van der Waals surface area contributed by atoms with Crippen LogP contribution in [0.25, 0.3) is 17.0 Å². The number of nitriles is 1. The van der Waals surface area contributed by atoms with Gasteiger partial charge in [-0.25, -0.2) is 0 Å². The molecule has 1 N–H and O–H groups in total. The predicted molar refractivity (Wildman–Crippen MR) is 109 cm³/mol. The number of nitrogens with one attached hydrogen (secondary N) is 1. The molecule has 1 aromatic heterocycles. The number of carbonyl (C=O) groups is 1. The van der Waals surface area contributed by atoms with Crippen molar-refractivity contribution in [2.24, 2.45) is 0 Å². The quantitative estimate of drug-likeness (QED) is 0.584. The second kappa shape index (κ2) is 8.03. The number of rotatable bonds is 5. The van der Waals surface area contributed by atoms with Gasteiger partial charge in [0.15, 0.2) is 0 Å². The Morgan fingerprint density at radius 3 is 2.88 bits per heavy atom. The Morgan fingerprint density at radius 2 is 2.12 bits per heavy atom. The first-order valence-electron chi connectivity index (χ1n) is 8.28. The van der Waals surface area contributed by atoms with Crippen molar-refractivity contribution >= 4 is 44.5 Å². The molecule has 26 heavy (non-hydrogen) atoms. The number of nitrogens with zero attached hydrogens (tertiary/aromatic N) is 2. The molecule has 1 heterocycles. The Morgan fingerprint density at radius 1 is 1.31 bits per heavy atom. The second-order valence-corrected chi connectivity index (χ2v) is 6.90. The van der Waals surface area contributed by atoms with Gasteiger partial charge in [0.2, 0.25) is 5.91 Å². The Balaban J connectivity index is 1.81. The highest BCUT2D eigenvalue weighted by molar-refractivity contribution is 9.10. The lowest BCUT2D eigenvalue weighted by atomic mass is 10.1. The van der Waals surface area contributed by atoms with Crippen molar-refractivity contribution in [1.82, 2.24) is 4.57 Å². The fourth-order valence-electron chi connectivity index (χ4n) is 2.87. The molecule has 130 valence electrons. The Bertz CT molecular complexity index is 1030. The molecule has 0 fully saturated rings. The van der Waals surface area contributed by atoms with E-state index in [1.807, 2.05) is 61.7 Å². The monoisotopic (exact) mass is 407 g/mol. The van der Waals surface area contributed by atoms with Gasteiger partial charge in [0.05, 0.1) is 12.5 Å². The number of aryl methyl sites for hydroxylation is 2. The molecule has 0 saturated carbocycles. The Kier molecular flexibility index (Phi) is 5.55. The summed E-state index contributed by atoms with van der Waals surface area (Å²) >= 11 is 3.42. The fourth-order valence-corrected chi connectivity index (χ4v) is 3.35. The van der Waals surface area contributed by atoms with Gasteiger partial charge in [-0.2, -0.15) is 5.26 Å². The van der Waals surface area contributed by atoms with Crippen molar-refractivity contribution in [3.8, 4) is 6.07 Å². The summed E-state index contributed by atoms with van der Waals surface area (Å²) in [6.45, 7) is 2.59. The van der Waals surface area contributed by atoms with Crippen LogP contribution in [0, 0.1) is 18.3 Å². The van der Waals surface area contributed by atoms with E-state index in [9.17, 15) is 4.79 Å². The summed E-state index contributed by atoms with van der Waals surface area (Å²) in [5.74, 6) is -0.177. The topological polar surface area (TPSA) is 57.8 Å². The van der Waals surface area contributed by atoms with Gasteiger partial charge in [-0.15, -0.1) is 0 Å². The third-order valence-corrected chi connectivity index (χ3v) is 4.64. The van der Waals surface area contributed by atoms with Gasteiger partial charge in [0, 0.05) is 45.4 Å². The molecule has 0 unspecified atom stereocenters. The zero-order valence-corrected chi connectivity index (χ0v) is 16.0. The van der Waals surface area contributed by atoms with E-state index in [1.54, 1.807) is 0 Å². The lowest BCUT2D eigenvalue weighted by molar-refractivity contribution is -0.111. The minimum absolute atomic E-state index is 0.177. The highest BCUT2D eigenvalue weighted by Crippen LogP contribution is 2.23. The van der Waals surface area contributed by atoms with Crippen molar-refractivity contribution in [1.29, 1.82) is 5.26 Å². The zero-order valence-electron chi connectivity index (χ0n) is 14.4. The highest BCUT2D eigenvalue weighted by atomic mass is 79.9. The van der Waals surface area contributed by atoms with Gasteiger partial charge in [-0.05, 0) is 42.8 Å². The van der Waals surface area contributed by atoms with E-state index in [0.717, 1.165) is 32.2 Å². The fraction of sp³-hybridized carbons (Fsp3) is 0.143. The highest BCUT2D eigenvalue weighted by Gasteiger charge is 2.07. The van der Waals surface area contributed by atoms with Crippen LogP contribution in [0.4, 0.5) is 5.69 Å². The third-order valence-electron chi connectivity index (χ3n) is 4.14. The molecule has 2 aromatic carbocycles. The van der Waals surface area contributed by atoms with Crippen LogP contribution in [0.1, 0.15) is 17.5 Å². The maximum absolute atomic E-state index is 12.3. The summed E-state index contributed by atoms with van der Waals surface area (Å²) in [6, 6.07) is 15.9. The molecule has 1 amide bonds. The summed E-state index contributed by atoms with van der Waals surface area (Å²) < 4.78 is 3.03. The van der Waals surface area contributed by atoms with Crippen LogP contribution in [0.5, 0.6) is 0 Å². The molecule has 0 bridgehead atoms. The van der Waals surface area contributed by atoms with E-state index in [4.69, 9.17) is 5.26 Å². The number of aromatic nitrogens is 1. The van der Waals surface area contributed by atoms with Crippen LogP contribution in [0.15, 0.2) is 59.2 Å². The summed E-state index contributed by atoms with van der Waals surface area (Å²) in [6.07, 6.45) is 5.79. The van der Waals surface area contributed by atoms with Gasteiger partial charge >= 0.3 is 0 Å². The standard InChI is InChI=1S/C21H18BrN3O/c1-15-13-17(22)8-9-19(15)24-21(26)10-7-16-14-25(12-4-11-23)20-6-3-2-5-18(16)20/h2-3,5-10,13-14H,4,12H2,1H3,(H,24,26)/b10-7+. The number of hydrogen-bond donors (Lipinski definition) is 1. The number of halogens is 1. The molecule has 0 aliphatic rings. The van der Waals surface area contributed by atoms with Gasteiger partial charge in [-0.3, -0.25) is 4.79 Å². The van der Waals surface area contributed by atoms with Gasteiger partial charge in [0.25, 0.3) is 0 Å². The van der Waals surface area contributed by atoms with Crippen molar-refractivity contribution in [3.63, 3.8) is 0 Å². The van der Waals surface area contributed by atoms with Crippen LogP contribution in [-0.4, -0.2) is 10.5 Å². The Hall–Kier alpha value is -2.84. The lowest BCUT2D eigenvalue weighted by Crippen LogP contribution is -2.08. The largest absolute Gasteiger partial charge is 0.346 e. The maximum atomic E-state index is 12.3. The molecule has 0 saturated heterocycles. The van der Waals surface area contributed by atoms with Crippen LogP contribution >= 0.6 is 15.9 Å². The summed E-state index contributed by atoms with van der Waals surface area (Å²) in [5, 5.41) is 12.8. The predicted octanol–water partition coefficient (Wildman–Crippen LogP) is 5.28. The zero-order chi connectivity index (χ0) is 18.5. The lowest BCUT2D eigenvalue weighted by Gasteiger charge is -2.06. The molecule has 4 nitrogen and oxygen atoms in total. The van der Waals surface area contributed by atoms with Gasteiger partial charge in [-0.1, -0.05) is 34.1 Å². The molecular formula is C21H18BrN3O. The van der Waals surface area contributed by atoms with Crippen molar-refractivity contribution in [3.05, 3.63) is 70.3 Å². The Labute approximate surface area is 160 Å². The average Bonchev–Trinajstić information content (AvgIpc) is 2.99. The van der Waals surface area contributed by atoms with Crippen LogP contribution in [0.3, 0.4) is 0 Å². The molecule has 3 rings (SSSR count). The van der Waals surface area contributed by atoms with E-state index in [2.05, 4.69) is 31.9 Å². The summed E-state index contributed by atoms with van der Waals surface area (Å²) in [7, 11) is 0. The molecule has 0 aliphatic carbocycles. The molecule has 0 radical (unpaired) electrons. The molecule has 0 atom stereocenters. The van der Waals surface area contributed by atoms with Crippen LogP contribution in [-0.2, 0) is 11.3 Å². The van der Waals surface area contributed by atoms with E-state index >= 15 is 0 Å². The molecule has 0 aliphatic heterocycles. The number of anilines is 1. The minimum Gasteiger partial charge on any atom is -0.346 e. The number of para-hydroxylation sites is 1. The first kappa shape index (κ1) is 18.0. The maximum Gasteiger partial charge on any atom is 0.248 e. The number of fused-ring (bicyclic) bond motifs is 1. The van der Waals surface area contributed by atoms with Crippen molar-refractivity contribution in [2.45, 2.75) is 19.9 Å². The van der Waals surface area contributed by atoms with E-state index in [0.29, 0.717) is 13.0 Å². The number of amides is 1. The number of hydrogen-bond acceptors (Lipinski definition) is 2. The molecule has 5 heteroatoms. The molecular weight excluding hydrogens is 390 g/mol. The van der Waals surface area contributed by atoms with Crippen molar-refractivity contribution in [2.75, 3.05) is 5.32 Å². The third kappa shape index (κ3) is 4.04. The average molecular weight is 408 g/mol. The molecule has 0 spiro atoms. The molecule has 3 aromatic rings. The number of carbonyl (C=O) groups excluding carboxylic acids is 1. The number of benzene rings is 2. The first-order chi connectivity index (χ1) is 12.6. The van der Waals surface area contributed by atoms with Gasteiger partial charge < -0.3 is 9.88 Å². The second-order valence-electron chi connectivity index (χ2n) is 5.98.